The molecule has 0 aromatic carbocycles. The van der Waals surface area contributed by atoms with Gasteiger partial charge in [0.15, 0.2) is 0 Å². The highest BCUT2D eigenvalue weighted by Crippen LogP contribution is 2.29. The lowest BCUT2D eigenvalue weighted by Gasteiger charge is -1.99. The van der Waals surface area contributed by atoms with Crippen LogP contribution in [0.4, 0.5) is 0 Å². The molecule has 0 amide bonds. The van der Waals surface area contributed by atoms with Gasteiger partial charge in [-0.25, -0.2) is 0 Å². The van der Waals surface area contributed by atoms with Crippen molar-refractivity contribution in [1.29, 1.82) is 0 Å². The van der Waals surface area contributed by atoms with Crippen LogP contribution in [0.25, 0.3) is 0 Å². The molecule has 1 aromatic heterocycles. The number of hydrogen-bond donors (Lipinski definition) is 1. The average Bonchev–Trinajstić information content (AvgIpc) is 2.88. The Hall–Kier alpha value is -0.800. The van der Waals surface area contributed by atoms with Crippen molar-refractivity contribution < 1.29 is 9.15 Å². The van der Waals surface area contributed by atoms with E-state index in [1.54, 1.807) is 0 Å². The highest BCUT2D eigenvalue weighted by Gasteiger charge is 2.21. The van der Waals surface area contributed by atoms with E-state index in [1.165, 1.54) is 12.8 Å². The molecule has 1 N–H and O–H groups in total. The van der Waals surface area contributed by atoms with Gasteiger partial charge >= 0.3 is 0 Å². The Balaban J connectivity index is 1.71. The maximum absolute atomic E-state index is 5.54. The molecule has 0 atom stereocenters. The van der Waals surface area contributed by atoms with Crippen molar-refractivity contribution in [3.63, 3.8) is 0 Å². The molecule has 3 heteroatoms. The first-order valence-electron chi connectivity index (χ1n) is 5.18. The van der Waals surface area contributed by atoms with E-state index in [0.717, 1.165) is 30.6 Å². The van der Waals surface area contributed by atoms with Crippen LogP contribution in [-0.2, 0) is 17.9 Å². The van der Waals surface area contributed by atoms with Crippen molar-refractivity contribution >= 4 is 0 Å². The molecule has 0 bridgehead atoms. The summed E-state index contributed by atoms with van der Waals surface area (Å²) in [6.07, 6.45) is 2.67. The van der Waals surface area contributed by atoms with Gasteiger partial charge < -0.3 is 14.5 Å². The molecule has 78 valence electrons. The van der Waals surface area contributed by atoms with Crippen LogP contribution in [0.2, 0.25) is 0 Å². The van der Waals surface area contributed by atoms with E-state index in [0.29, 0.717) is 6.61 Å². The molecule has 0 spiro atoms. The van der Waals surface area contributed by atoms with E-state index >= 15 is 0 Å². The van der Waals surface area contributed by atoms with Crippen LogP contribution in [-0.4, -0.2) is 13.7 Å². The normalized spacial score (nSPS) is 16.1. The van der Waals surface area contributed by atoms with Gasteiger partial charge in [0.2, 0.25) is 0 Å². The van der Waals surface area contributed by atoms with Crippen LogP contribution in [0.3, 0.4) is 0 Å². The minimum Gasteiger partial charge on any atom is -0.462 e. The maximum Gasteiger partial charge on any atom is 0.129 e. The van der Waals surface area contributed by atoms with Gasteiger partial charge in [-0.1, -0.05) is 0 Å². The summed E-state index contributed by atoms with van der Waals surface area (Å²) >= 11 is 0. The van der Waals surface area contributed by atoms with Crippen molar-refractivity contribution in [1.82, 2.24) is 5.32 Å². The van der Waals surface area contributed by atoms with E-state index in [1.807, 2.05) is 19.2 Å². The number of ether oxygens (including phenoxy) is 1. The Morgan fingerprint density at radius 2 is 2.21 bits per heavy atom. The molecule has 1 aromatic rings. The summed E-state index contributed by atoms with van der Waals surface area (Å²) < 4.78 is 11.1. The molecular formula is C11H17NO2. The second-order valence-electron chi connectivity index (χ2n) is 3.86. The lowest BCUT2D eigenvalue weighted by molar-refractivity contribution is 0.0963. The van der Waals surface area contributed by atoms with Crippen molar-refractivity contribution in [2.75, 3.05) is 13.7 Å². The van der Waals surface area contributed by atoms with Gasteiger partial charge in [-0.2, -0.15) is 0 Å². The van der Waals surface area contributed by atoms with Gasteiger partial charge in [-0.15, -0.1) is 0 Å². The molecule has 0 unspecified atom stereocenters. The average molecular weight is 195 g/mol. The zero-order valence-corrected chi connectivity index (χ0v) is 8.58. The first-order chi connectivity index (χ1) is 6.88. The second kappa shape index (κ2) is 4.62. The Bertz CT molecular complexity index is 279. The molecule has 3 nitrogen and oxygen atoms in total. The van der Waals surface area contributed by atoms with Gasteiger partial charge in [0.05, 0.1) is 6.54 Å². The van der Waals surface area contributed by atoms with Crippen LogP contribution in [0.5, 0.6) is 0 Å². The Morgan fingerprint density at radius 1 is 1.43 bits per heavy atom. The number of nitrogens with one attached hydrogen (secondary N) is 1. The summed E-state index contributed by atoms with van der Waals surface area (Å²) in [5, 5.41) is 3.05. The van der Waals surface area contributed by atoms with Gasteiger partial charge in [0.1, 0.15) is 18.1 Å². The van der Waals surface area contributed by atoms with Crippen molar-refractivity contribution in [3.05, 3.63) is 23.7 Å². The van der Waals surface area contributed by atoms with Gasteiger partial charge in [-0.3, -0.25) is 0 Å². The first-order valence-corrected chi connectivity index (χ1v) is 5.18. The second-order valence-corrected chi connectivity index (χ2v) is 3.86. The topological polar surface area (TPSA) is 34.4 Å². The Labute approximate surface area is 84.4 Å². The third-order valence-electron chi connectivity index (χ3n) is 2.36. The molecular weight excluding hydrogens is 178 g/mol. The van der Waals surface area contributed by atoms with Gasteiger partial charge in [0.25, 0.3) is 0 Å². The lowest BCUT2D eigenvalue weighted by Crippen LogP contribution is -2.03. The largest absolute Gasteiger partial charge is 0.462 e. The Morgan fingerprint density at radius 3 is 2.93 bits per heavy atom. The van der Waals surface area contributed by atoms with Crippen LogP contribution < -0.4 is 5.32 Å². The fourth-order valence-electron chi connectivity index (χ4n) is 1.38. The lowest BCUT2D eigenvalue weighted by atomic mass is 10.4. The van der Waals surface area contributed by atoms with Crippen LogP contribution >= 0.6 is 0 Å². The van der Waals surface area contributed by atoms with E-state index in [2.05, 4.69) is 5.32 Å². The Kier molecular flexibility index (Phi) is 3.22. The molecule has 1 aliphatic rings. The van der Waals surface area contributed by atoms with Crippen molar-refractivity contribution in [2.45, 2.75) is 26.0 Å². The van der Waals surface area contributed by atoms with E-state index in [-0.39, 0.29) is 0 Å². The molecule has 2 rings (SSSR count). The summed E-state index contributed by atoms with van der Waals surface area (Å²) in [7, 11) is 1.91. The minimum absolute atomic E-state index is 0.611. The van der Waals surface area contributed by atoms with Crippen molar-refractivity contribution in [2.24, 2.45) is 5.92 Å². The molecule has 1 saturated carbocycles. The predicted molar refractivity (Wildman–Crippen MR) is 53.9 cm³/mol. The minimum atomic E-state index is 0.611. The zero-order chi connectivity index (χ0) is 9.80. The highest BCUT2D eigenvalue weighted by atomic mass is 16.5. The third kappa shape index (κ3) is 2.86. The maximum atomic E-state index is 5.54. The summed E-state index contributed by atoms with van der Waals surface area (Å²) in [5.41, 5.74) is 0. The molecule has 1 fully saturated rings. The van der Waals surface area contributed by atoms with Crippen LogP contribution in [0.1, 0.15) is 24.4 Å². The smallest absolute Gasteiger partial charge is 0.129 e. The molecule has 1 heterocycles. The van der Waals surface area contributed by atoms with Crippen LogP contribution in [0, 0.1) is 5.92 Å². The predicted octanol–water partition coefficient (Wildman–Crippen LogP) is 1.93. The van der Waals surface area contributed by atoms with E-state index in [4.69, 9.17) is 9.15 Å². The molecule has 0 aliphatic heterocycles. The summed E-state index contributed by atoms with van der Waals surface area (Å²) in [4.78, 5) is 0. The summed E-state index contributed by atoms with van der Waals surface area (Å²) in [5.74, 6) is 2.72. The van der Waals surface area contributed by atoms with Crippen molar-refractivity contribution in [3.8, 4) is 0 Å². The summed E-state index contributed by atoms with van der Waals surface area (Å²) in [6.45, 7) is 2.28. The SMILES string of the molecule is CNCc1ccc(COCC2CC2)o1. The number of rotatable bonds is 6. The first kappa shape index (κ1) is 9.74. The number of furan rings is 1. The zero-order valence-electron chi connectivity index (χ0n) is 8.58. The fourth-order valence-corrected chi connectivity index (χ4v) is 1.38. The van der Waals surface area contributed by atoms with Crippen LogP contribution in [0.15, 0.2) is 16.5 Å². The summed E-state index contributed by atoms with van der Waals surface area (Å²) in [6, 6.07) is 3.98. The molecule has 0 saturated heterocycles. The standard InChI is InChI=1S/C11H17NO2/c1-12-6-10-4-5-11(14-10)8-13-7-9-2-3-9/h4-5,9,12H,2-3,6-8H2,1H3. The fraction of sp³-hybridized carbons (Fsp3) is 0.636. The van der Waals surface area contributed by atoms with Gasteiger partial charge in [0, 0.05) is 6.61 Å². The van der Waals surface area contributed by atoms with E-state index in [9.17, 15) is 0 Å². The molecule has 0 radical (unpaired) electrons. The number of hydrogen-bond acceptors (Lipinski definition) is 3. The monoisotopic (exact) mass is 195 g/mol. The highest BCUT2D eigenvalue weighted by molar-refractivity contribution is 5.06. The quantitative estimate of drug-likeness (QED) is 0.753. The third-order valence-corrected chi connectivity index (χ3v) is 2.36. The molecule has 1 aliphatic carbocycles. The van der Waals surface area contributed by atoms with Gasteiger partial charge in [-0.05, 0) is 37.9 Å². The molecule has 14 heavy (non-hydrogen) atoms. The van der Waals surface area contributed by atoms with E-state index < -0.39 is 0 Å².